The number of nitrogens with zero attached hydrogens (tertiary/aromatic N) is 1. The van der Waals surface area contributed by atoms with E-state index in [4.69, 9.17) is 9.47 Å². The molecular weight excluding hydrogens is 350 g/mol. The van der Waals surface area contributed by atoms with E-state index in [-0.39, 0.29) is 11.7 Å². The van der Waals surface area contributed by atoms with Gasteiger partial charge in [0.25, 0.3) is 0 Å². The Labute approximate surface area is 171 Å². The number of benzene rings is 1. The largest absolute Gasteiger partial charge is 0.444 e. The summed E-state index contributed by atoms with van der Waals surface area (Å²) in [4.78, 5) is 13.3. The van der Waals surface area contributed by atoms with Crippen LogP contribution in [0.5, 0.6) is 0 Å². The van der Waals surface area contributed by atoms with E-state index in [1.165, 1.54) is 12.0 Å². The minimum atomic E-state index is -0.367. The van der Waals surface area contributed by atoms with Crippen molar-refractivity contribution in [1.82, 2.24) is 4.90 Å². The number of ether oxygens (including phenoxy) is 2. The van der Waals surface area contributed by atoms with Gasteiger partial charge in [-0.15, -0.1) is 0 Å². The first-order chi connectivity index (χ1) is 13.4. The van der Waals surface area contributed by atoms with Crippen molar-refractivity contribution >= 4 is 6.09 Å². The van der Waals surface area contributed by atoms with Gasteiger partial charge in [-0.1, -0.05) is 49.4 Å². The van der Waals surface area contributed by atoms with Gasteiger partial charge in [0.05, 0.1) is 6.61 Å². The van der Waals surface area contributed by atoms with Crippen molar-refractivity contribution < 1.29 is 14.3 Å². The number of piperidine rings is 1. The number of carbonyl (C=O) groups excluding carboxylic acids is 1. The van der Waals surface area contributed by atoms with Gasteiger partial charge in [-0.2, -0.15) is 0 Å². The van der Waals surface area contributed by atoms with Gasteiger partial charge in [0.2, 0.25) is 0 Å². The lowest BCUT2D eigenvalue weighted by atomic mass is 10.1. The average molecular weight is 390 g/mol. The topological polar surface area (TPSA) is 38.8 Å². The van der Waals surface area contributed by atoms with Gasteiger partial charge in [-0.3, -0.25) is 0 Å². The summed E-state index contributed by atoms with van der Waals surface area (Å²) >= 11 is 0. The van der Waals surface area contributed by atoms with Crippen LogP contribution in [0.4, 0.5) is 4.79 Å². The number of hydrogen-bond acceptors (Lipinski definition) is 3. The second-order valence-electron chi connectivity index (χ2n) is 8.09. The zero-order chi connectivity index (χ0) is 20.7. The standard InChI is InChI=1S/C14H20O.C10H19NO2/c1-2-3-4-5-9-12-15-13-14-10-7-6-8-11-14;1-10(2,3)13-9(12)11-7-5-4-6-8-11/h3-4,6-8,10-11H,2,5,9,12-13H2,1H3;4-8H2,1-3H3/b4-3-;. The van der Waals surface area contributed by atoms with Crippen LogP contribution >= 0.6 is 0 Å². The zero-order valence-electron chi connectivity index (χ0n) is 18.3. The molecule has 1 fully saturated rings. The van der Waals surface area contributed by atoms with Crippen LogP contribution < -0.4 is 0 Å². The SMILES string of the molecule is CC(C)(C)OC(=O)N1CCCCC1.CC/C=C\CCCOCc1ccccc1. The van der Waals surface area contributed by atoms with E-state index in [2.05, 4.69) is 31.2 Å². The van der Waals surface area contributed by atoms with E-state index in [0.717, 1.165) is 58.4 Å². The number of rotatable bonds is 7. The quantitative estimate of drug-likeness (QED) is 0.402. The van der Waals surface area contributed by atoms with Gasteiger partial charge in [-0.05, 0) is 64.9 Å². The van der Waals surface area contributed by atoms with Crippen LogP contribution in [-0.2, 0) is 16.1 Å². The molecule has 1 aromatic carbocycles. The molecule has 0 atom stereocenters. The summed E-state index contributed by atoms with van der Waals surface area (Å²) in [5.41, 5.74) is 0.885. The average Bonchev–Trinajstić information content (AvgIpc) is 2.68. The maximum absolute atomic E-state index is 11.5. The van der Waals surface area contributed by atoms with Gasteiger partial charge in [0.15, 0.2) is 0 Å². The lowest BCUT2D eigenvalue weighted by Gasteiger charge is -2.29. The van der Waals surface area contributed by atoms with Crippen LogP contribution in [0, 0.1) is 0 Å². The molecule has 0 N–H and O–H groups in total. The molecule has 1 saturated heterocycles. The van der Waals surface area contributed by atoms with Crippen LogP contribution in [0.25, 0.3) is 0 Å². The Bertz CT molecular complexity index is 543. The highest BCUT2D eigenvalue weighted by Gasteiger charge is 2.22. The first-order valence-electron chi connectivity index (χ1n) is 10.7. The smallest absolute Gasteiger partial charge is 0.410 e. The van der Waals surface area contributed by atoms with Gasteiger partial charge in [0, 0.05) is 19.7 Å². The minimum Gasteiger partial charge on any atom is -0.444 e. The summed E-state index contributed by atoms with van der Waals surface area (Å²) in [6, 6.07) is 10.3. The number of unbranched alkanes of at least 4 members (excludes halogenated alkanes) is 1. The van der Waals surface area contributed by atoms with Crippen molar-refractivity contribution in [2.75, 3.05) is 19.7 Å². The van der Waals surface area contributed by atoms with E-state index < -0.39 is 0 Å². The summed E-state index contributed by atoms with van der Waals surface area (Å²) in [6.07, 6.45) is 11.1. The lowest BCUT2D eigenvalue weighted by molar-refractivity contribution is 0.0216. The number of carbonyl (C=O) groups is 1. The number of likely N-dealkylation sites (tertiary alicyclic amines) is 1. The summed E-state index contributed by atoms with van der Waals surface area (Å²) in [5.74, 6) is 0. The number of hydrogen-bond donors (Lipinski definition) is 0. The monoisotopic (exact) mass is 389 g/mol. The Balaban J connectivity index is 0.000000283. The van der Waals surface area contributed by atoms with Gasteiger partial charge < -0.3 is 14.4 Å². The summed E-state index contributed by atoms with van der Waals surface area (Å²) < 4.78 is 10.8. The van der Waals surface area contributed by atoms with Gasteiger partial charge in [-0.25, -0.2) is 4.79 Å². The molecule has 1 aromatic rings. The van der Waals surface area contributed by atoms with Crippen molar-refractivity contribution in [3.05, 3.63) is 48.0 Å². The molecule has 0 aromatic heterocycles. The third-order valence-electron chi connectivity index (χ3n) is 4.18. The van der Waals surface area contributed by atoms with E-state index in [1.807, 2.05) is 39.0 Å². The van der Waals surface area contributed by atoms with Crippen LogP contribution in [0.15, 0.2) is 42.5 Å². The molecular formula is C24H39NO3. The molecule has 0 unspecified atom stereocenters. The minimum absolute atomic E-state index is 0.160. The van der Waals surface area contributed by atoms with Crippen molar-refractivity contribution in [2.45, 2.75) is 78.4 Å². The molecule has 1 aliphatic heterocycles. The third-order valence-corrected chi connectivity index (χ3v) is 4.18. The van der Waals surface area contributed by atoms with Crippen molar-refractivity contribution in [3.63, 3.8) is 0 Å². The molecule has 4 nitrogen and oxygen atoms in total. The molecule has 1 aliphatic rings. The fraction of sp³-hybridized carbons (Fsp3) is 0.625. The summed E-state index contributed by atoms with van der Waals surface area (Å²) in [7, 11) is 0. The molecule has 158 valence electrons. The molecule has 2 rings (SSSR count). The maximum atomic E-state index is 11.5. The van der Waals surface area contributed by atoms with E-state index in [0.29, 0.717) is 0 Å². The molecule has 28 heavy (non-hydrogen) atoms. The van der Waals surface area contributed by atoms with Crippen molar-refractivity contribution in [1.29, 1.82) is 0 Å². The van der Waals surface area contributed by atoms with Crippen molar-refractivity contribution in [3.8, 4) is 0 Å². The Hall–Kier alpha value is -1.81. The maximum Gasteiger partial charge on any atom is 0.410 e. The predicted octanol–water partition coefficient (Wildman–Crippen LogP) is 6.36. The van der Waals surface area contributed by atoms with Crippen molar-refractivity contribution in [2.24, 2.45) is 0 Å². The molecule has 0 aliphatic carbocycles. The van der Waals surface area contributed by atoms with Crippen LogP contribution in [0.3, 0.4) is 0 Å². The van der Waals surface area contributed by atoms with Crippen LogP contribution in [0.2, 0.25) is 0 Å². The Morgan fingerprint density at radius 1 is 1.07 bits per heavy atom. The Morgan fingerprint density at radius 2 is 1.75 bits per heavy atom. The molecule has 0 bridgehead atoms. The Morgan fingerprint density at radius 3 is 2.36 bits per heavy atom. The highest BCUT2D eigenvalue weighted by molar-refractivity contribution is 5.68. The number of amides is 1. The molecule has 1 amide bonds. The molecule has 4 heteroatoms. The normalized spacial score (nSPS) is 14.5. The third kappa shape index (κ3) is 12.6. The van der Waals surface area contributed by atoms with Crippen LogP contribution in [0.1, 0.15) is 71.8 Å². The highest BCUT2D eigenvalue weighted by atomic mass is 16.6. The number of allylic oxidation sites excluding steroid dienone is 2. The summed E-state index contributed by atoms with van der Waals surface area (Å²) in [6.45, 7) is 11.1. The predicted molar refractivity (Wildman–Crippen MR) is 116 cm³/mol. The molecule has 1 heterocycles. The van der Waals surface area contributed by atoms with Gasteiger partial charge in [0.1, 0.15) is 5.60 Å². The summed E-state index contributed by atoms with van der Waals surface area (Å²) in [5, 5.41) is 0. The first-order valence-corrected chi connectivity index (χ1v) is 10.7. The zero-order valence-corrected chi connectivity index (χ0v) is 18.3. The fourth-order valence-corrected chi connectivity index (χ4v) is 2.75. The first kappa shape index (κ1) is 24.2. The molecule has 0 saturated carbocycles. The highest BCUT2D eigenvalue weighted by Crippen LogP contribution is 2.14. The second kappa shape index (κ2) is 14.2. The fourth-order valence-electron chi connectivity index (χ4n) is 2.75. The van der Waals surface area contributed by atoms with E-state index in [9.17, 15) is 4.79 Å². The van der Waals surface area contributed by atoms with Crippen LogP contribution in [-0.4, -0.2) is 36.3 Å². The van der Waals surface area contributed by atoms with E-state index in [1.54, 1.807) is 4.90 Å². The second-order valence-corrected chi connectivity index (χ2v) is 8.09. The Kier molecular flexibility index (Phi) is 12.3. The molecule has 0 spiro atoms. The van der Waals surface area contributed by atoms with E-state index >= 15 is 0 Å². The lowest BCUT2D eigenvalue weighted by Crippen LogP contribution is -2.39. The molecule has 0 radical (unpaired) electrons. The van der Waals surface area contributed by atoms with Gasteiger partial charge >= 0.3 is 6.09 Å².